The van der Waals surface area contributed by atoms with E-state index in [1.54, 1.807) is 0 Å². The normalized spacial score (nSPS) is 15.1. The maximum absolute atomic E-state index is 4.37. The van der Waals surface area contributed by atoms with E-state index in [0.717, 1.165) is 32.5 Å². The summed E-state index contributed by atoms with van der Waals surface area (Å²) in [6.07, 6.45) is 4.16. The second-order valence-corrected chi connectivity index (χ2v) is 8.17. The number of aryl methyl sites for hydroxylation is 1. The van der Waals surface area contributed by atoms with Crippen molar-refractivity contribution in [1.82, 2.24) is 20.0 Å². The van der Waals surface area contributed by atoms with E-state index in [-0.39, 0.29) is 5.54 Å². The average Bonchev–Trinajstić information content (AvgIpc) is 3.24. The first-order valence-electron chi connectivity index (χ1n) is 10.1. The highest BCUT2D eigenvalue weighted by Gasteiger charge is 2.40. The molecule has 1 aromatic heterocycles. The van der Waals surface area contributed by atoms with Crippen molar-refractivity contribution in [2.75, 3.05) is 13.6 Å². The number of hydrogen-bond acceptors (Lipinski definition) is 3. The SMILES string of the molecule is Cc1c(CNCC2(N(C)Cc3ccccc3)Cc3ccccc3C2)cnn1C. The molecule has 1 aliphatic carbocycles. The van der Waals surface area contributed by atoms with E-state index in [1.807, 2.05) is 17.9 Å². The molecule has 146 valence electrons. The number of nitrogens with zero attached hydrogens (tertiary/aromatic N) is 3. The third kappa shape index (κ3) is 3.75. The Morgan fingerprint density at radius 2 is 1.68 bits per heavy atom. The standard InChI is InChI=1S/C24H30N4/c1-19-23(16-26-28(19)3)15-25-18-24(13-21-11-7-8-12-22(21)14-24)27(2)17-20-9-5-4-6-10-20/h4-12,16,25H,13-15,17-18H2,1-3H3. The van der Waals surface area contributed by atoms with Gasteiger partial charge in [0, 0.05) is 43.5 Å². The summed E-state index contributed by atoms with van der Waals surface area (Å²) >= 11 is 0. The summed E-state index contributed by atoms with van der Waals surface area (Å²) in [5.74, 6) is 0. The van der Waals surface area contributed by atoms with Crippen LogP contribution in [0.1, 0.15) is 27.9 Å². The monoisotopic (exact) mass is 374 g/mol. The number of aromatic nitrogens is 2. The predicted molar refractivity (Wildman–Crippen MR) is 114 cm³/mol. The Morgan fingerprint density at radius 3 is 2.29 bits per heavy atom. The quantitative estimate of drug-likeness (QED) is 0.687. The Labute approximate surface area is 168 Å². The van der Waals surface area contributed by atoms with E-state index in [2.05, 4.69) is 83.9 Å². The van der Waals surface area contributed by atoms with Crippen LogP contribution in [-0.4, -0.2) is 33.8 Å². The third-order valence-corrected chi connectivity index (χ3v) is 6.34. The summed E-state index contributed by atoms with van der Waals surface area (Å²) in [4.78, 5) is 2.55. The molecule has 4 heteroatoms. The number of fused-ring (bicyclic) bond motifs is 1. The van der Waals surface area contributed by atoms with E-state index < -0.39 is 0 Å². The molecule has 28 heavy (non-hydrogen) atoms. The van der Waals surface area contributed by atoms with Gasteiger partial charge in [0.15, 0.2) is 0 Å². The molecule has 0 radical (unpaired) electrons. The molecular formula is C24H30N4. The number of rotatable bonds is 7. The van der Waals surface area contributed by atoms with Gasteiger partial charge >= 0.3 is 0 Å². The molecule has 4 rings (SSSR count). The average molecular weight is 375 g/mol. The van der Waals surface area contributed by atoms with Gasteiger partial charge in [0.25, 0.3) is 0 Å². The van der Waals surface area contributed by atoms with Crippen molar-refractivity contribution in [2.45, 2.75) is 38.4 Å². The van der Waals surface area contributed by atoms with Crippen molar-refractivity contribution in [3.63, 3.8) is 0 Å². The van der Waals surface area contributed by atoms with Crippen LogP contribution >= 0.6 is 0 Å². The van der Waals surface area contributed by atoms with Crippen LogP contribution in [0.2, 0.25) is 0 Å². The second-order valence-electron chi connectivity index (χ2n) is 8.17. The smallest absolute Gasteiger partial charge is 0.0537 e. The van der Waals surface area contributed by atoms with E-state index in [9.17, 15) is 0 Å². The van der Waals surface area contributed by atoms with Gasteiger partial charge in [-0.25, -0.2) is 0 Å². The Balaban J connectivity index is 1.51. The first-order chi connectivity index (χ1) is 13.6. The van der Waals surface area contributed by atoms with Crippen molar-refractivity contribution in [1.29, 1.82) is 0 Å². The Kier molecular flexibility index (Phi) is 5.33. The number of likely N-dealkylation sites (N-methyl/N-ethyl adjacent to an activating group) is 1. The fourth-order valence-electron chi connectivity index (χ4n) is 4.38. The first-order valence-corrected chi connectivity index (χ1v) is 10.1. The maximum atomic E-state index is 4.37. The highest BCUT2D eigenvalue weighted by molar-refractivity contribution is 5.37. The molecule has 0 saturated carbocycles. The van der Waals surface area contributed by atoms with Crippen LogP contribution in [0.3, 0.4) is 0 Å². The molecule has 3 aromatic rings. The molecule has 2 aromatic carbocycles. The summed E-state index contributed by atoms with van der Waals surface area (Å²) in [6, 6.07) is 19.7. The Bertz CT molecular complexity index is 904. The molecule has 0 fully saturated rings. The summed E-state index contributed by atoms with van der Waals surface area (Å²) < 4.78 is 1.94. The van der Waals surface area contributed by atoms with E-state index >= 15 is 0 Å². The zero-order valence-electron chi connectivity index (χ0n) is 17.2. The highest BCUT2D eigenvalue weighted by Crippen LogP contribution is 2.34. The van der Waals surface area contributed by atoms with Crippen LogP contribution in [0.4, 0.5) is 0 Å². The van der Waals surface area contributed by atoms with Gasteiger partial charge < -0.3 is 5.32 Å². The third-order valence-electron chi connectivity index (χ3n) is 6.34. The lowest BCUT2D eigenvalue weighted by atomic mass is 9.92. The molecule has 0 aliphatic heterocycles. The fraction of sp³-hybridized carbons (Fsp3) is 0.375. The van der Waals surface area contributed by atoms with Crippen LogP contribution in [-0.2, 0) is 33.0 Å². The zero-order chi connectivity index (χ0) is 19.6. The topological polar surface area (TPSA) is 33.1 Å². The molecule has 4 nitrogen and oxygen atoms in total. The van der Waals surface area contributed by atoms with Gasteiger partial charge in [0.1, 0.15) is 0 Å². The fourth-order valence-corrected chi connectivity index (χ4v) is 4.38. The summed E-state index contributed by atoms with van der Waals surface area (Å²) in [5, 5.41) is 8.12. The lowest BCUT2D eigenvalue weighted by Gasteiger charge is -2.39. The predicted octanol–water partition coefficient (Wildman–Crippen LogP) is 3.49. The molecule has 0 bridgehead atoms. The Morgan fingerprint density at radius 1 is 1.04 bits per heavy atom. The number of benzene rings is 2. The van der Waals surface area contributed by atoms with E-state index in [1.165, 1.54) is 27.9 Å². The van der Waals surface area contributed by atoms with Gasteiger partial charge in [0.2, 0.25) is 0 Å². The van der Waals surface area contributed by atoms with Crippen molar-refractivity contribution < 1.29 is 0 Å². The zero-order valence-corrected chi connectivity index (χ0v) is 17.2. The molecule has 0 spiro atoms. The summed E-state index contributed by atoms with van der Waals surface area (Å²) in [5.41, 5.74) is 6.94. The molecule has 0 atom stereocenters. The lowest BCUT2D eigenvalue weighted by molar-refractivity contribution is 0.117. The van der Waals surface area contributed by atoms with Gasteiger partial charge in [-0.1, -0.05) is 54.6 Å². The highest BCUT2D eigenvalue weighted by atomic mass is 15.3. The van der Waals surface area contributed by atoms with Gasteiger partial charge in [-0.2, -0.15) is 5.10 Å². The lowest BCUT2D eigenvalue weighted by Crippen LogP contribution is -2.53. The van der Waals surface area contributed by atoms with Gasteiger partial charge in [-0.05, 0) is 43.5 Å². The van der Waals surface area contributed by atoms with Gasteiger partial charge in [-0.15, -0.1) is 0 Å². The number of hydrogen-bond donors (Lipinski definition) is 1. The van der Waals surface area contributed by atoms with Crippen LogP contribution in [0.25, 0.3) is 0 Å². The molecule has 0 unspecified atom stereocenters. The van der Waals surface area contributed by atoms with Crippen LogP contribution < -0.4 is 5.32 Å². The van der Waals surface area contributed by atoms with Crippen molar-refractivity contribution in [3.8, 4) is 0 Å². The molecular weight excluding hydrogens is 344 g/mol. The largest absolute Gasteiger partial charge is 0.311 e. The first kappa shape index (κ1) is 18.9. The molecule has 1 heterocycles. The molecule has 0 amide bonds. The van der Waals surface area contributed by atoms with Crippen molar-refractivity contribution in [2.24, 2.45) is 7.05 Å². The second kappa shape index (κ2) is 7.90. The number of nitrogens with one attached hydrogen (secondary N) is 1. The van der Waals surface area contributed by atoms with E-state index in [0.29, 0.717) is 0 Å². The summed E-state index contributed by atoms with van der Waals surface area (Å²) in [6.45, 7) is 4.91. The minimum absolute atomic E-state index is 0.0929. The minimum atomic E-state index is 0.0929. The van der Waals surface area contributed by atoms with Gasteiger partial charge in [0.05, 0.1) is 6.20 Å². The van der Waals surface area contributed by atoms with Crippen molar-refractivity contribution >= 4 is 0 Å². The molecule has 1 aliphatic rings. The van der Waals surface area contributed by atoms with Gasteiger partial charge in [-0.3, -0.25) is 9.58 Å². The molecule has 0 saturated heterocycles. The maximum Gasteiger partial charge on any atom is 0.0537 e. The van der Waals surface area contributed by atoms with Crippen molar-refractivity contribution in [3.05, 3.63) is 88.7 Å². The van der Waals surface area contributed by atoms with Crippen LogP contribution in [0.15, 0.2) is 60.8 Å². The summed E-state index contributed by atoms with van der Waals surface area (Å²) in [7, 11) is 4.28. The molecule has 1 N–H and O–H groups in total. The Hall–Kier alpha value is -2.43. The van der Waals surface area contributed by atoms with Crippen LogP contribution in [0.5, 0.6) is 0 Å². The minimum Gasteiger partial charge on any atom is -0.311 e. The van der Waals surface area contributed by atoms with Crippen LogP contribution in [0, 0.1) is 6.92 Å². The van der Waals surface area contributed by atoms with E-state index in [4.69, 9.17) is 0 Å².